The summed E-state index contributed by atoms with van der Waals surface area (Å²) in [4.78, 5) is 27.5. The molecule has 27 heavy (non-hydrogen) atoms. The first-order valence-corrected chi connectivity index (χ1v) is 9.56. The number of thiazole rings is 1. The molecular formula is C21H18N2O3S. The fourth-order valence-electron chi connectivity index (χ4n) is 3.27. The number of carbonyl (C=O) groups excluding carboxylic acids is 2. The van der Waals surface area contributed by atoms with Gasteiger partial charge in [0, 0.05) is 17.4 Å². The molecule has 1 N–H and O–H groups in total. The zero-order valence-electron chi connectivity index (χ0n) is 14.8. The first-order valence-electron chi connectivity index (χ1n) is 8.68. The van der Waals surface area contributed by atoms with Crippen molar-refractivity contribution in [2.45, 2.75) is 19.3 Å². The van der Waals surface area contributed by atoms with Crippen molar-refractivity contribution in [2.24, 2.45) is 0 Å². The van der Waals surface area contributed by atoms with Crippen molar-refractivity contribution in [3.05, 3.63) is 59.0 Å². The number of amides is 1. The van der Waals surface area contributed by atoms with Crippen molar-refractivity contribution >= 4 is 28.3 Å². The summed E-state index contributed by atoms with van der Waals surface area (Å²) in [6, 6.07) is 14.8. The summed E-state index contributed by atoms with van der Waals surface area (Å²) in [5.74, 6) is -0.644. The maximum Gasteiger partial charge on any atom is 0.306 e. The molecule has 1 aromatic heterocycles. The molecule has 0 aliphatic heterocycles. The summed E-state index contributed by atoms with van der Waals surface area (Å²) in [6.07, 6.45) is 1.07. The second-order valence-electron chi connectivity index (χ2n) is 6.37. The second kappa shape index (κ2) is 7.32. The van der Waals surface area contributed by atoms with E-state index in [0.29, 0.717) is 5.13 Å². The Labute approximate surface area is 161 Å². The lowest BCUT2D eigenvalue weighted by Gasteiger charge is -2.03. The van der Waals surface area contributed by atoms with Crippen LogP contribution in [0.2, 0.25) is 0 Å². The molecule has 0 saturated carbocycles. The van der Waals surface area contributed by atoms with Crippen LogP contribution in [0.3, 0.4) is 0 Å². The van der Waals surface area contributed by atoms with Gasteiger partial charge in [-0.3, -0.25) is 9.59 Å². The Morgan fingerprint density at radius 3 is 2.78 bits per heavy atom. The van der Waals surface area contributed by atoms with Gasteiger partial charge in [-0.1, -0.05) is 36.4 Å². The lowest BCUT2D eigenvalue weighted by atomic mass is 10.0. The first kappa shape index (κ1) is 17.4. The van der Waals surface area contributed by atoms with E-state index in [0.717, 1.165) is 17.7 Å². The number of anilines is 1. The Hall–Kier alpha value is -2.99. The van der Waals surface area contributed by atoms with Gasteiger partial charge in [0.15, 0.2) is 5.13 Å². The van der Waals surface area contributed by atoms with Crippen molar-refractivity contribution < 1.29 is 14.3 Å². The molecule has 1 amide bonds. The summed E-state index contributed by atoms with van der Waals surface area (Å²) in [7, 11) is 1.31. The van der Waals surface area contributed by atoms with Gasteiger partial charge in [-0.2, -0.15) is 0 Å². The molecule has 1 heterocycles. The van der Waals surface area contributed by atoms with Gasteiger partial charge in [-0.15, -0.1) is 11.3 Å². The highest BCUT2D eigenvalue weighted by Crippen LogP contribution is 2.38. The molecule has 0 bridgehead atoms. The van der Waals surface area contributed by atoms with Crippen LogP contribution in [0.5, 0.6) is 0 Å². The third-order valence-corrected chi connectivity index (χ3v) is 5.38. The van der Waals surface area contributed by atoms with Gasteiger partial charge in [0.1, 0.15) is 0 Å². The van der Waals surface area contributed by atoms with Crippen molar-refractivity contribution in [1.29, 1.82) is 0 Å². The average Bonchev–Trinajstić information content (AvgIpc) is 3.29. The van der Waals surface area contributed by atoms with Gasteiger partial charge in [0.05, 0.1) is 19.2 Å². The molecule has 2 aromatic carbocycles. The van der Waals surface area contributed by atoms with E-state index in [4.69, 9.17) is 0 Å². The van der Waals surface area contributed by atoms with E-state index >= 15 is 0 Å². The topological polar surface area (TPSA) is 68.3 Å². The SMILES string of the molecule is COC(=O)CCC(=O)Nc1nc(-c2ccc3c(c2)Cc2ccccc2-3)cs1. The van der Waals surface area contributed by atoms with Gasteiger partial charge in [0.25, 0.3) is 0 Å². The van der Waals surface area contributed by atoms with Gasteiger partial charge in [-0.25, -0.2) is 4.98 Å². The van der Waals surface area contributed by atoms with E-state index in [-0.39, 0.29) is 18.7 Å². The lowest BCUT2D eigenvalue weighted by Crippen LogP contribution is -2.13. The Kier molecular flexibility index (Phi) is 4.73. The normalized spacial score (nSPS) is 11.6. The number of esters is 1. The monoisotopic (exact) mass is 378 g/mol. The minimum atomic E-state index is -0.399. The summed E-state index contributed by atoms with van der Waals surface area (Å²) < 4.78 is 4.54. The van der Waals surface area contributed by atoms with Crippen LogP contribution in [0, 0.1) is 0 Å². The highest BCUT2D eigenvalue weighted by molar-refractivity contribution is 7.14. The summed E-state index contributed by atoms with van der Waals surface area (Å²) >= 11 is 1.37. The quantitative estimate of drug-likeness (QED) is 0.527. The van der Waals surface area contributed by atoms with Gasteiger partial charge >= 0.3 is 5.97 Å². The van der Waals surface area contributed by atoms with E-state index in [1.807, 2.05) is 5.38 Å². The number of ether oxygens (including phenoxy) is 1. The number of methoxy groups -OCH3 is 1. The minimum Gasteiger partial charge on any atom is -0.469 e. The highest BCUT2D eigenvalue weighted by Gasteiger charge is 2.19. The van der Waals surface area contributed by atoms with Crippen molar-refractivity contribution in [3.8, 4) is 22.4 Å². The van der Waals surface area contributed by atoms with Gasteiger partial charge in [-0.05, 0) is 34.7 Å². The Morgan fingerprint density at radius 2 is 1.93 bits per heavy atom. The van der Waals surface area contributed by atoms with E-state index in [2.05, 4.69) is 57.5 Å². The molecule has 0 spiro atoms. The van der Waals surface area contributed by atoms with Crippen molar-refractivity contribution in [2.75, 3.05) is 12.4 Å². The maximum atomic E-state index is 11.9. The van der Waals surface area contributed by atoms with Crippen LogP contribution in [-0.2, 0) is 20.7 Å². The molecule has 0 unspecified atom stereocenters. The number of nitrogens with one attached hydrogen (secondary N) is 1. The fourth-order valence-corrected chi connectivity index (χ4v) is 4.00. The van der Waals surface area contributed by atoms with Crippen LogP contribution in [-0.4, -0.2) is 24.0 Å². The zero-order chi connectivity index (χ0) is 18.8. The standard InChI is InChI=1S/C21H18N2O3S/c1-26-20(25)9-8-19(24)23-21-22-18(12-27-21)14-6-7-17-15(11-14)10-13-4-2-3-5-16(13)17/h2-7,11-12H,8-10H2,1H3,(H,22,23,24). The molecule has 0 fully saturated rings. The lowest BCUT2D eigenvalue weighted by molar-refractivity contribution is -0.141. The van der Waals surface area contributed by atoms with Crippen molar-refractivity contribution in [3.63, 3.8) is 0 Å². The molecule has 4 rings (SSSR count). The third-order valence-electron chi connectivity index (χ3n) is 4.62. The first-order chi connectivity index (χ1) is 13.1. The fraction of sp³-hybridized carbons (Fsp3) is 0.190. The van der Waals surface area contributed by atoms with E-state index in [1.54, 1.807) is 0 Å². The third kappa shape index (κ3) is 3.61. The van der Waals surface area contributed by atoms with Crippen LogP contribution < -0.4 is 5.32 Å². The number of nitrogens with zero attached hydrogens (tertiary/aromatic N) is 1. The van der Waals surface area contributed by atoms with Crippen LogP contribution >= 0.6 is 11.3 Å². The van der Waals surface area contributed by atoms with Gasteiger partial charge in [0.2, 0.25) is 5.91 Å². The number of hydrogen-bond donors (Lipinski definition) is 1. The van der Waals surface area contributed by atoms with E-state index in [1.165, 1.54) is 40.7 Å². The molecule has 5 nitrogen and oxygen atoms in total. The summed E-state index contributed by atoms with van der Waals surface area (Å²) in [6.45, 7) is 0. The zero-order valence-corrected chi connectivity index (χ0v) is 15.6. The maximum absolute atomic E-state index is 11.9. The number of fused-ring (bicyclic) bond motifs is 3. The molecule has 136 valence electrons. The second-order valence-corrected chi connectivity index (χ2v) is 7.23. The predicted octanol–water partition coefficient (Wildman–Crippen LogP) is 4.27. The molecule has 1 aliphatic rings. The van der Waals surface area contributed by atoms with Crippen LogP contribution in [0.4, 0.5) is 5.13 Å². The number of carbonyl (C=O) groups is 2. The smallest absolute Gasteiger partial charge is 0.306 e. The molecule has 0 radical (unpaired) electrons. The van der Waals surface area contributed by atoms with Gasteiger partial charge < -0.3 is 10.1 Å². The molecular weight excluding hydrogens is 360 g/mol. The molecule has 6 heteroatoms. The number of benzene rings is 2. The molecule has 1 aliphatic carbocycles. The Bertz CT molecular complexity index is 1030. The minimum absolute atomic E-state index is 0.0615. The largest absolute Gasteiger partial charge is 0.469 e. The van der Waals surface area contributed by atoms with Crippen molar-refractivity contribution in [1.82, 2.24) is 4.98 Å². The predicted molar refractivity (Wildman–Crippen MR) is 106 cm³/mol. The summed E-state index contributed by atoms with van der Waals surface area (Å²) in [5, 5.41) is 5.20. The van der Waals surface area contributed by atoms with Crippen LogP contribution in [0.1, 0.15) is 24.0 Å². The number of aromatic nitrogens is 1. The number of hydrogen-bond acceptors (Lipinski definition) is 5. The average molecular weight is 378 g/mol. The van der Waals surface area contributed by atoms with Crippen LogP contribution in [0.25, 0.3) is 22.4 Å². The number of rotatable bonds is 5. The highest BCUT2D eigenvalue weighted by atomic mass is 32.1. The molecule has 0 atom stereocenters. The Morgan fingerprint density at radius 1 is 1.11 bits per heavy atom. The molecule has 3 aromatic rings. The van der Waals surface area contributed by atoms with E-state index in [9.17, 15) is 9.59 Å². The molecule has 0 saturated heterocycles. The summed E-state index contributed by atoms with van der Waals surface area (Å²) in [5.41, 5.74) is 7.10. The van der Waals surface area contributed by atoms with E-state index < -0.39 is 5.97 Å². The Balaban J connectivity index is 1.47. The van der Waals surface area contributed by atoms with Crippen LogP contribution in [0.15, 0.2) is 47.8 Å².